The molecule has 0 aromatic carbocycles. The van der Waals surface area contributed by atoms with Crippen LogP contribution in [-0.4, -0.2) is 29.8 Å². The fourth-order valence-electron chi connectivity index (χ4n) is 0.839. The molecule has 0 spiro atoms. The molecule has 1 rings (SSSR count). The van der Waals surface area contributed by atoms with Gasteiger partial charge in [0.15, 0.2) is 0 Å². The molecule has 0 aliphatic carbocycles. The second-order valence-corrected chi connectivity index (χ2v) is 3.53. The Bertz CT molecular complexity index is 226. The van der Waals surface area contributed by atoms with Crippen LogP contribution in [0.2, 0.25) is 0 Å². The third-order valence-electron chi connectivity index (χ3n) is 1.38. The van der Waals surface area contributed by atoms with E-state index in [1.165, 1.54) is 11.3 Å². The van der Waals surface area contributed by atoms with Gasteiger partial charge >= 0.3 is 0 Å². The summed E-state index contributed by atoms with van der Waals surface area (Å²) in [5.41, 5.74) is 5.50. The fourth-order valence-corrected chi connectivity index (χ4v) is 1.53. The molecule has 0 bridgehead atoms. The van der Waals surface area contributed by atoms with E-state index < -0.39 is 0 Å². The van der Waals surface area contributed by atoms with Crippen LogP contribution in [0.1, 0.15) is 5.01 Å². The van der Waals surface area contributed by atoms with Crippen LogP contribution >= 0.6 is 11.3 Å². The second kappa shape index (κ2) is 5.08. The Morgan fingerprint density at radius 2 is 2.42 bits per heavy atom. The predicted octanol–water partition coefficient (Wildman–Crippen LogP) is -0.150. The third-order valence-corrected chi connectivity index (χ3v) is 2.26. The first-order chi connectivity index (χ1) is 5.83. The first kappa shape index (κ1) is 9.44. The van der Waals surface area contributed by atoms with Crippen LogP contribution in [-0.2, 0) is 6.42 Å². The summed E-state index contributed by atoms with van der Waals surface area (Å²) < 4.78 is 0. The summed E-state index contributed by atoms with van der Waals surface area (Å²) in [7, 11) is 0. The van der Waals surface area contributed by atoms with Crippen molar-refractivity contribution in [3.05, 3.63) is 11.2 Å². The lowest BCUT2D eigenvalue weighted by Crippen LogP contribution is -2.20. The molecule has 0 aliphatic heterocycles. The molecule has 0 aliphatic rings. The second-order valence-electron chi connectivity index (χ2n) is 2.38. The number of rotatable bonds is 5. The minimum atomic E-state index is 0.181. The van der Waals surface area contributed by atoms with E-state index in [1.807, 2.05) is 0 Å². The first-order valence-corrected chi connectivity index (χ1v) is 4.66. The molecule has 1 heterocycles. The average molecular weight is 187 g/mol. The number of aliphatic hydroxyl groups excluding tert-OH is 1. The average Bonchev–Trinajstić information content (AvgIpc) is 2.45. The lowest BCUT2D eigenvalue weighted by atomic mass is 10.4. The van der Waals surface area contributed by atoms with Gasteiger partial charge in [0.1, 0.15) is 5.00 Å². The van der Waals surface area contributed by atoms with Crippen LogP contribution in [0.15, 0.2) is 6.20 Å². The van der Waals surface area contributed by atoms with Crippen molar-refractivity contribution in [3.8, 4) is 0 Å². The molecule has 1 aromatic rings. The monoisotopic (exact) mass is 187 g/mol. The van der Waals surface area contributed by atoms with Crippen LogP contribution in [0.25, 0.3) is 0 Å². The van der Waals surface area contributed by atoms with Crippen molar-refractivity contribution in [1.29, 1.82) is 0 Å². The fraction of sp³-hybridized carbons (Fsp3) is 0.571. The number of nitrogens with two attached hydrogens (primary N) is 1. The van der Waals surface area contributed by atoms with Gasteiger partial charge in [0.2, 0.25) is 0 Å². The number of aliphatic hydroxyl groups is 1. The van der Waals surface area contributed by atoms with Gasteiger partial charge < -0.3 is 16.2 Å². The molecule has 0 radical (unpaired) electrons. The van der Waals surface area contributed by atoms with Crippen LogP contribution in [0.3, 0.4) is 0 Å². The van der Waals surface area contributed by atoms with Gasteiger partial charge in [-0.3, -0.25) is 0 Å². The normalized spacial score (nSPS) is 10.4. The summed E-state index contributed by atoms with van der Waals surface area (Å²) in [5.74, 6) is 0. The van der Waals surface area contributed by atoms with E-state index in [1.54, 1.807) is 6.20 Å². The van der Waals surface area contributed by atoms with Crippen LogP contribution in [0.4, 0.5) is 5.00 Å². The smallest absolute Gasteiger partial charge is 0.106 e. The first-order valence-electron chi connectivity index (χ1n) is 3.84. The van der Waals surface area contributed by atoms with Crippen molar-refractivity contribution in [2.45, 2.75) is 6.42 Å². The highest BCUT2D eigenvalue weighted by Crippen LogP contribution is 2.14. The molecule has 12 heavy (non-hydrogen) atoms. The van der Waals surface area contributed by atoms with Crippen molar-refractivity contribution >= 4 is 16.3 Å². The van der Waals surface area contributed by atoms with Crippen molar-refractivity contribution < 1.29 is 5.11 Å². The zero-order valence-corrected chi connectivity index (χ0v) is 7.60. The number of anilines is 1. The van der Waals surface area contributed by atoms with Crippen molar-refractivity contribution in [3.63, 3.8) is 0 Å². The third kappa shape index (κ3) is 3.17. The summed E-state index contributed by atoms with van der Waals surface area (Å²) in [4.78, 5) is 4.10. The number of nitrogens with one attached hydrogen (secondary N) is 1. The Balaban J connectivity index is 2.15. The molecule has 0 saturated carbocycles. The number of hydrogen-bond donors (Lipinski definition) is 3. The standard InChI is InChI=1S/C7H13N3OS/c8-6-5-10-7(12-6)1-2-9-3-4-11/h5,9,11H,1-4,8H2. The molecule has 1 aromatic heterocycles. The van der Waals surface area contributed by atoms with E-state index >= 15 is 0 Å². The molecule has 0 unspecified atom stereocenters. The van der Waals surface area contributed by atoms with Crippen molar-refractivity contribution in [2.24, 2.45) is 0 Å². The van der Waals surface area contributed by atoms with Crippen LogP contribution in [0, 0.1) is 0 Å². The van der Waals surface area contributed by atoms with Gasteiger partial charge in [0, 0.05) is 19.5 Å². The Hall–Kier alpha value is -0.650. The molecule has 0 saturated heterocycles. The van der Waals surface area contributed by atoms with E-state index in [4.69, 9.17) is 10.8 Å². The van der Waals surface area contributed by atoms with E-state index in [-0.39, 0.29) is 6.61 Å². The van der Waals surface area contributed by atoms with Gasteiger partial charge in [-0.2, -0.15) is 0 Å². The predicted molar refractivity (Wildman–Crippen MR) is 50.2 cm³/mol. The van der Waals surface area contributed by atoms with Gasteiger partial charge in [-0.1, -0.05) is 0 Å². The molecule has 0 amide bonds. The Labute approximate surface area is 75.4 Å². The largest absolute Gasteiger partial charge is 0.395 e. The summed E-state index contributed by atoms with van der Waals surface area (Å²) in [6, 6.07) is 0. The van der Waals surface area contributed by atoms with Crippen molar-refractivity contribution in [1.82, 2.24) is 10.3 Å². The summed E-state index contributed by atoms with van der Waals surface area (Å²) >= 11 is 1.51. The molecular formula is C7H13N3OS. The van der Waals surface area contributed by atoms with E-state index in [0.29, 0.717) is 6.54 Å². The highest BCUT2D eigenvalue weighted by atomic mass is 32.1. The summed E-state index contributed by atoms with van der Waals surface area (Å²) in [5, 5.41) is 13.3. The maximum absolute atomic E-state index is 8.47. The molecule has 0 fully saturated rings. The van der Waals surface area contributed by atoms with Crippen LogP contribution < -0.4 is 11.1 Å². The summed E-state index contributed by atoms with van der Waals surface area (Å²) in [6.45, 7) is 1.66. The topological polar surface area (TPSA) is 71.2 Å². The van der Waals surface area contributed by atoms with E-state index in [0.717, 1.165) is 23.0 Å². The van der Waals surface area contributed by atoms with Gasteiger partial charge in [-0.25, -0.2) is 4.98 Å². The number of hydrogen-bond acceptors (Lipinski definition) is 5. The number of nitrogen functional groups attached to an aromatic ring is 1. The lowest BCUT2D eigenvalue weighted by molar-refractivity contribution is 0.293. The maximum atomic E-state index is 8.47. The summed E-state index contributed by atoms with van der Waals surface area (Å²) in [6.07, 6.45) is 2.55. The van der Waals surface area contributed by atoms with E-state index in [9.17, 15) is 0 Å². The highest BCUT2D eigenvalue weighted by Gasteiger charge is 1.97. The zero-order chi connectivity index (χ0) is 8.81. The molecule has 5 heteroatoms. The highest BCUT2D eigenvalue weighted by molar-refractivity contribution is 7.15. The molecular weight excluding hydrogens is 174 g/mol. The Morgan fingerprint density at radius 1 is 1.58 bits per heavy atom. The van der Waals surface area contributed by atoms with Gasteiger partial charge in [-0.15, -0.1) is 11.3 Å². The molecule has 68 valence electrons. The number of nitrogens with zero attached hydrogens (tertiary/aromatic N) is 1. The van der Waals surface area contributed by atoms with Crippen LogP contribution in [0.5, 0.6) is 0 Å². The van der Waals surface area contributed by atoms with Gasteiger partial charge in [-0.05, 0) is 0 Å². The maximum Gasteiger partial charge on any atom is 0.106 e. The Kier molecular flexibility index (Phi) is 3.99. The molecule has 0 atom stereocenters. The minimum Gasteiger partial charge on any atom is -0.395 e. The zero-order valence-electron chi connectivity index (χ0n) is 6.79. The van der Waals surface area contributed by atoms with Crippen molar-refractivity contribution in [2.75, 3.05) is 25.4 Å². The minimum absolute atomic E-state index is 0.181. The lowest BCUT2D eigenvalue weighted by Gasteiger charge is -1.98. The Morgan fingerprint density at radius 3 is 3.00 bits per heavy atom. The van der Waals surface area contributed by atoms with Gasteiger partial charge in [0.05, 0.1) is 17.8 Å². The molecule has 4 nitrogen and oxygen atoms in total. The quantitative estimate of drug-likeness (QED) is 0.561. The van der Waals surface area contributed by atoms with Gasteiger partial charge in [0.25, 0.3) is 0 Å². The molecule has 4 N–H and O–H groups in total. The van der Waals surface area contributed by atoms with E-state index in [2.05, 4.69) is 10.3 Å². The number of thiazole rings is 1. The number of aromatic nitrogens is 1. The SMILES string of the molecule is Nc1cnc(CCNCCO)s1.